The molecule has 2 aromatic rings. The summed E-state index contributed by atoms with van der Waals surface area (Å²) < 4.78 is 0.926. The van der Waals surface area contributed by atoms with Crippen LogP contribution in [0.15, 0.2) is 33.6 Å². The van der Waals surface area contributed by atoms with Crippen LogP contribution in [-0.4, -0.2) is 10.8 Å². The zero-order valence-corrected chi connectivity index (χ0v) is 11.1. The molecule has 0 spiro atoms. The Morgan fingerprint density at radius 3 is 2.81 bits per heavy atom. The molecule has 0 aliphatic heterocycles. The highest BCUT2D eigenvalue weighted by Gasteiger charge is 2.11. The van der Waals surface area contributed by atoms with E-state index in [0.717, 1.165) is 21.3 Å². The Kier molecular flexibility index (Phi) is 3.51. The molecule has 2 heterocycles. The average Bonchev–Trinajstić information content (AvgIpc) is 2.68. The van der Waals surface area contributed by atoms with Gasteiger partial charge in [-0.1, -0.05) is 0 Å². The van der Waals surface area contributed by atoms with Crippen molar-refractivity contribution >= 4 is 33.0 Å². The highest BCUT2D eigenvalue weighted by Crippen LogP contribution is 2.16. The van der Waals surface area contributed by atoms with E-state index in [-0.39, 0.29) is 5.78 Å². The Morgan fingerprint density at radius 2 is 2.25 bits per heavy atom. The number of thiophene rings is 1. The number of aryl methyl sites for hydroxylation is 1. The fraction of sp³-hybridized carbons (Fsp3) is 0.167. The maximum absolute atomic E-state index is 11.9. The monoisotopic (exact) mass is 295 g/mol. The van der Waals surface area contributed by atoms with Crippen LogP contribution in [0.25, 0.3) is 0 Å². The third-order valence-electron chi connectivity index (χ3n) is 2.29. The van der Waals surface area contributed by atoms with Crippen molar-refractivity contribution in [2.75, 3.05) is 0 Å². The molecule has 2 rings (SSSR count). The number of aromatic nitrogens is 1. The second-order valence-electron chi connectivity index (χ2n) is 3.54. The van der Waals surface area contributed by atoms with E-state index in [9.17, 15) is 4.79 Å². The van der Waals surface area contributed by atoms with E-state index in [4.69, 9.17) is 0 Å². The van der Waals surface area contributed by atoms with Gasteiger partial charge in [-0.05, 0) is 45.9 Å². The summed E-state index contributed by atoms with van der Waals surface area (Å²) in [5.74, 6) is 0.133. The molecule has 0 aliphatic rings. The molecule has 0 atom stereocenters. The number of carbonyl (C=O) groups is 1. The minimum absolute atomic E-state index is 0.133. The number of ketones is 1. The Labute approximate surface area is 106 Å². The first-order valence-electron chi connectivity index (χ1n) is 4.83. The van der Waals surface area contributed by atoms with Gasteiger partial charge in [0.1, 0.15) is 0 Å². The van der Waals surface area contributed by atoms with Crippen molar-refractivity contribution < 1.29 is 4.79 Å². The summed E-state index contributed by atoms with van der Waals surface area (Å²) in [4.78, 5) is 16.1. The highest BCUT2D eigenvalue weighted by atomic mass is 79.9. The van der Waals surface area contributed by atoms with Crippen LogP contribution in [0, 0.1) is 6.92 Å². The summed E-state index contributed by atoms with van der Waals surface area (Å²) >= 11 is 4.88. The number of rotatable bonds is 3. The van der Waals surface area contributed by atoms with Crippen LogP contribution >= 0.6 is 27.3 Å². The molecule has 2 aromatic heterocycles. The molecule has 82 valence electrons. The number of carbonyl (C=O) groups excluding carboxylic acids is 1. The van der Waals surface area contributed by atoms with Gasteiger partial charge in [-0.15, -0.1) is 0 Å². The summed E-state index contributed by atoms with van der Waals surface area (Å²) in [5, 5.41) is 3.89. The van der Waals surface area contributed by atoms with Crippen LogP contribution in [0.2, 0.25) is 0 Å². The third kappa shape index (κ3) is 2.57. The first kappa shape index (κ1) is 11.5. The zero-order chi connectivity index (χ0) is 11.5. The van der Waals surface area contributed by atoms with Crippen molar-refractivity contribution in [1.82, 2.24) is 4.98 Å². The Balaban J connectivity index is 2.14. The maximum atomic E-state index is 11.9. The van der Waals surface area contributed by atoms with Gasteiger partial charge in [0.15, 0.2) is 5.78 Å². The molecular formula is C12H10BrNOS. The van der Waals surface area contributed by atoms with Crippen LogP contribution in [0.4, 0.5) is 0 Å². The van der Waals surface area contributed by atoms with Crippen LogP contribution in [0.1, 0.15) is 21.6 Å². The van der Waals surface area contributed by atoms with E-state index in [1.165, 1.54) is 0 Å². The number of hydrogen-bond donors (Lipinski definition) is 0. The standard InChI is InChI=1S/C12H10BrNOS/c1-8-6-16-7-11(8)12(15)4-10-3-2-9(13)5-14-10/h2-3,5-7H,4H2,1H3. The van der Waals surface area contributed by atoms with Gasteiger partial charge < -0.3 is 0 Å². The molecule has 0 fully saturated rings. The molecule has 4 heteroatoms. The summed E-state index contributed by atoms with van der Waals surface area (Å²) in [5.41, 5.74) is 2.67. The van der Waals surface area contributed by atoms with E-state index in [1.807, 2.05) is 29.8 Å². The highest BCUT2D eigenvalue weighted by molar-refractivity contribution is 9.10. The first-order chi connectivity index (χ1) is 7.66. The molecule has 0 bridgehead atoms. The molecule has 0 amide bonds. The van der Waals surface area contributed by atoms with E-state index >= 15 is 0 Å². The number of pyridine rings is 1. The van der Waals surface area contributed by atoms with Gasteiger partial charge in [-0.2, -0.15) is 11.3 Å². The van der Waals surface area contributed by atoms with Crippen LogP contribution < -0.4 is 0 Å². The van der Waals surface area contributed by atoms with E-state index < -0.39 is 0 Å². The average molecular weight is 296 g/mol. The molecule has 0 N–H and O–H groups in total. The lowest BCUT2D eigenvalue weighted by molar-refractivity contribution is 0.0992. The van der Waals surface area contributed by atoms with Crippen molar-refractivity contribution in [1.29, 1.82) is 0 Å². The molecule has 0 unspecified atom stereocenters. The quantitative estimate of drug-likeness (QED) is 0.809. The van der Waals surface area contributed by atoms with Crippen molar-refractivity contribution in [3.8, 4) is 0 Å². The molecular weight excluding hydrogens is 286 g/mol. The molecule has 2 nitrogen and oxygen atoms in total. The van der Waals surface area contributed by atoms with E-state index in [0.29, 0.717) is 6.42 Å². The largest absolute Gasteiger partial charge is 0.294 e. The SMILES string of the molecule is Cc1cscc1C(=O)Cc1ccc(Br)cn1. The van der Waals surface area contributed by atoms with Gasteiger partial charge in [0.05, 0.1) is 6.42 Å². The number of Topliss-reactive ketones (excluding diaryl/α,β-unsaturated/α-hetero) is 1. The third-order valence-corrected chi connectivity index (χ3v) is 3.62. The zero-order valence-electron chi connectivity index (χ0n) is 8.74. The predicted octanol–water partition coefficient (Wildman–Crippen LogP) is 3.64. The van der Waals surface area contributed by atoms with Crippen molar-refractivity contribution in [3.05, 3.63) is 50.4 Å². The van der Waals surface area contributed by atoms with Gasteiger partial charge in [0.2, 0.25) is 0 Å². The minimum Gasteiger partial charge on any atom is -0.294 e. The predicted molar refractivity (Wildman–Crippen MR) is 69.0 cm³/mol. The summed E-state index contributed by atoms with van der Waals surface area (Å²) in [6, 6.07) is 3.76. The van der Waals surface area contributed by atoms with Crippen molar-refractivity contribution in [2.45, 2.75) is 13.3 Å². The van der Waals surface area contributed by atoms with Gasteiger partial charge in [-0.25, -0.2) is 0 Å². The molecule has 0 saturated carbocycles. The van der Waals surface area contributed by atoms with Gasteiger partial charge in [-0.3, -0.25) is 9.78 Å². The minimum atomic E-state index is 0.133. The lowest BCUT2D eigenvalue weighted by Gasteiger charge is -2.00. The topological polar surface area (TPSA) is 30.0 Å². The lowest BCUT2D eigenvalue weighted by Crippen LogP contribution is -2.05. The number of halogens is 1. The fourth-order valence-electron chi connectivity index (χ4n) is 1.42. The van der Waals surface area contributed by atoms with Gasteiger partial charge >= 0.3 is 0 Å². The molecule has 16 heavy (non-hydrogen) atoms. The molecule has 0 saturated heterocycles. The van der Waals surface area contributed by atoms with Crippen molar-refractivity contribution in [3.63, 3.8) is 0 Å². The number of hydrogen-bond acceptors (Lipinski definition) is 3. The van der Waals surface area contributed by atoms with Gasteiger partial charge in [0.25, 0.3) is 0 Å². The molecule has 0 aliphatic carbocycles. The maximum Gasteiger partial charge on any atom is 0.169 e. The summed E-state index contributed by atoms with van der Waals surface area (Å²) in [7, 11) is 0. The normalized spacial score (nSPS) is 10.4. The Hall–Kier alpha value is -1.00. The smallest absolute Gasteiger partial charge is 0.169 e. The van der Waals surface area contributed by atoms with Gasteiger partial charge in [0, 0.05) is 27.3 Å². The molecule has 0 radical (unpaired) electrons. The van der Waals surface area contributed by atoms with E-state index in [2.05, 4.69) is 20.9 Å². The summed E-state index contributed by atoms with van der Waals surface area (Å²) in [6.07, 6.45) is 2.08. The van der Waals surface area contributed by atoms with Crippen molar-refractivity contribution in [2.24, 2.45) is 0 Å². The van der Waals surface area contributed by atoms with E-state index in [1.54, 1.807) is 17.5 Å². The first-order valence-corrected chi connectivity index (χ1v) is 6.57. The second kappa shape index (κ2) is 4.89. The Bertz CT molecular complexity index is 504. The van der Waals surface area contributed by atoms with Crippen LogP contribution in [0.3, 0.4) is 0 Å². The molecule has 0 aromatic carbocycles. The Morgan fingerprint density at radius 1 is 1.44 bits per heavy atom. The van der Waals surface area contributed by atoms with Crippen LogP contribution in [-0.2, 0) is 6.42 Å². The number of nitrogens with zero attached hydrogens (tertiary/aromatic N) is 1. The summed E-state index contributed by atoms with van der Waals surface area (Å²) in [6.45, 7) is 1.96. The second-order valence-corrected chi connectivity index (χ2v) is 5.20. The lowest BCUT2D eigenvalue weighted by atomic mass is 10.1. The fourth-order valence-corrected chi connectivity index (χ4v) is 2.50. The van der Waals surface area contributed by atoms with Crippen LogP contribution in [0.5, 0.6) is 0 Å².